The molecule has 5 rings (SSSR count). The number of nitrogens with zero attached hydrogens (tertiary/aromatic N) is 1. The van der Waals surface area contributed by atoms with E-state index in [0.29, 0.717) is 17.4 Å². The van der Waals surface area contributed by atoms with Gasteiger partial charge in [0, 0.05) is 11.8 Å². The van der Waals surface area contributed by atoms with E-state index in [1.807, 2.05) is 0 Å². The Kier molecular flexibility index (Phi) is 2.14. The Hall–Kier alpha value is -0.960. The van der Waals surface area contributed by atoms with Crippen molar-refractivity contribution >= 4 is 0 Å². The first-order chi connectivity index (χ1) is 8.66. The van der Waals surface area contributed by atoms with Gasteiger partial charge < -0.3 is 5.11 Å². The van der Waals surface area contributed by atoms with Crippen molar-refractivity contribution in [3.63, 3.8) is 0 Å². The third kappa shape index (κ3) is 1.34. The van der Waals surface area contributed by atoms with E-state index < -0.39 is 5.60 Å². The van der Waals surface area contributed by atoms with Crippen LogP contribution in [0.25, 0.3) is 0 Å². The van der Waals surface area contributed by atoms with Crippen molar-refractivity contribution in [1.82, 2.24) is 4.98 Å². The van der Waals surface area contributed by atoms with Gasteiger partial charge in [-0.15, -0.1) is 0 Å². The first-order valence-electron chi connectivity index (χ1n) is 6.99. The molecule has 4 aliphatic carbocycles. The van der Waals surface area contributed by atoms with Crippen LogP contribution in [0.4, 0.5) is 4.39 Å². The molecule has 0 saturated heterocycles. The maximum atomic E-state index is 13.4. The van der Waals surface area contributed by atoms with Crippen molar-refractivity contribution in [3.05, 3.63) is 29.8 Å². The second kappa shape index (κ2) is 3.53. The Bertz CT molecular complexity index is 459. The van der Waals surface area contributed by atoms with E-state index in [1.165, 1.54) is 18.7 Å². The van der Waals surface area contributed by atoms with Gasteiger partial charge in [0.15, 0.2) is 0 Å². The van der Waals surface area contributed by atoms with Crippen molar-refractivity contribution in [2.45, 2.75) is 37.7 Å². The molecular formula is C15H18FNO. The highest BCUT2D eigenvalue weighted by molar-refractivity contribution is 5.25. The average Bonchev–Trinajstić information content (AvgIpc) is 2.35. The lowest BCUT2D eigenvalue weighted by Crippen LogP contribution is -2.55. The Morgan fingerprint density at radius 1 is 1.06 bits per heavy atom. The van der Waals surface area contributed by atoms with E-state index in [2.05, 4.69) is 4.98 Å². The summed E-state index contributed by atoms with van der Waals surface area (Å²) in [6.45, 7) is 0. The number of halogens is 1. The predicted molar refractivity (Wildman–Crippen MR) is 65.1 cm³/mol. The lowest BCUT2D eigenvalue weighted by molar-refractivity contribution is -0.179. The quantitative estimate of drug-likeness (QED) is 0.827. The van der Waals surface area contributed by atoms with E-state index in [1.54, 1.807) is 6.20 Å². The molecule has 96 valence electrons. The SMILES string of the molecule is OC1(c2cncc(F)c2)C2CC3CC(C2)CC1C3. The van der Waals surface area contributed by atoms with Crippen LogP contribution >= 0.6 is 0 Å². The highest BCUT2D eigenvalue weighted by atomic mass is 19.1. The molecule has 1 aromatic heterocycles. The minimum atomic E-state index is -0.817. The van der Waals surface area contributed by atoms with Gasteiger partial charge in [0.25, 0.3) is 0 Å². The third-order valence-corrected chi connectivity index (χ3v) is 5.55. The fraction of sp³-hybridized carbons (Fsp3) is 0.667. The highest BCUT2D eigenvalue weighted by Crippen LogP contribution is 2.61. The summed E-state index contributed by atoms with van der Waals surface area (Å²) in [4.78, 5) is 3.93. The van der Waals surface area contributed by atoms with Gasteiger partial charge in [-0.1, -0.05) is 0 Å². The summed E-state index contributed by atoms with van der Waals surface area (Å²) in [5, 5.41) is 11.2. The fourth-order valence-electron chi connectivity index (χ4n) is 5.00. The topological polar surface area (TPSA) is 33.1 Å². The molecule has 0 atom stereocenters. The molecule has 4 bridgehead atoms. The van der Waals surface area contributed by atoms with E-state index in [-0.39, 0.29) is 5.82 Å². The summed E-state index contributed by atoms with van der Waals surface area (Å²) in [6, 6.07) is 1.48. The molecular weight excluding hydrogens is 229 g/mol. The van der Waals surface area contributed by atoms with Gasteiger partial charge in [0.05, 0.1) is 11.8 Å². The first kappa shape index (κ1) is 10.9. The predicted octanol–water partition coefficient (Wildman–Crippen LogP) is 2.86. The largest absolute Gasteiger partial charge is 0.385 e. The van der Waals surface area contributed by atoms with Gasteiger partial charge in [-0.2, -0.15) is 0 Å². The molecule has 1 N–H and O–H groups in total. The zero-order valence-corrected chi connectivity index (χ0v) is 10.3. The molecule has 1 aromatic rings. The molecule has 2 nitrogen and oxygen atoms in total. The van der Waals surface area contributed by atoms with Crippen LogP contribution in [0.5, 0.6) is 0 Å². The zero-order valence-electron chi connectivity index (χ0n) is 10.3. The van der Waals surface area contributed by atoms with Crippen LogP contribution < -0.4 is 0 Å². The Labute approximate surface area is 106 Å². The van der Waals surface area contributed by atoms with Crippen molar-refractivity contribution in [1.29, 1.82) is 0 Å². The molecule has 4 fully saturated rings. The molecule has 18 heavy (non-hydrogen) atoms. The van der Waals surface area contributed by atoms with Crippen molar-refractivity contribution < 1.29 is 9.50 Å². The summed E-state index contributed by atoms with van der Waals surface area (Å²) < 4.78 is 13.4. The van der Waals surface area contributed by atoms with Crippen LogP contribution in [-0.4, -0.2) is 10.1 Å². The van der Waals surface area contributed by atoms with E-state index in [0.717, 1.165) is 37.5 Å². The van der Waals surface area contributed by atoms with Crippen LogP contribution in [-0.2, 0) is 5.60 Å². The highest BCUT2D eigenvalue weighted by Gasteiger charge is 2.57. The van der Waals surface area contributed by atoms with Crippen LogP contribution in [0, 0.1) is 29.5 Å². The Morgan fingerprint density at radius 2 is 1.67 bits per heavy atom. The second-order valence-corrected chi connectivity index (χ2v) is 6.52. The molecule has 0 radical (unpaired) electrons. The molecule has 1 heterocycles. The number of hydrogen-bond acceptors (Lipinski definition) is 2. The first-order valence-corrected chi connectivity index (χ1v) is 6.99. The maximum absolute atomic E-state index is 13.4. The average molecular weight is 247 g/mol. The molecule has 3 heteroatoms. The van der Waals surface area contributed by atoms with Crippen molar-refractivity contribution in [2.75, 3.05) is 0 Å². The number of aliphatic hydroxyl groups is 1. The fourth-order valence-corrected chi connectivity index (χ4v) is 5.00. The monoisotopic (exact) mass is 247 g/mol. The van der Waals surface area contributed by atoms with Gasteiger partial charge >= 0.3 is 0 Å². The normalized spacial score (nSPS) is 45.4. The van der Waals surface area contributed by atoms with E-state index >= 15 is 0 Å². The standard InChI is InChI=1S/C15H18FNO/c16-14-6-13(7-17-8-14)15(18)11-2-9-1-10(4-11)5-12(15)3-9/h6-12,18H,1-5H2. The van der Waals surface area contributed by atoms with Crippen molar-refractivity contribution in [2.24, 2.45) is 23.7 Å². The minimum absolute atomic E-state index is 0.317. The second-order valence-electron chi connectivity index (χ2n) is 6.52. The summed E-state index contributed by atoms with van der Waals surface area (Å²) in [7, 11) is 0. The molecule has 4 aliphatic rings. The smallest absolute Gasteiger partial charge is 0.141 e. The van der Waals surface area contributed by atoms with Crippen LogP contribution in [0.2, 0.25) is 0 Å². The molecule has 0 aliphatic heterocycles. The minimum Gasteiger partial charge on any atom is -0.385 e. The lowest BCUT2D eigenvalue weighted by atomic mass is 9.48. The summed E-state index contributed by atoms with van der Waals surface area (Å²) >= 11 is 0. The summed E-state index contributed by atoms with van der Waals surface area (Å²) in [5.41, 5.74) is -0.112. The molecule has 0 spiro atoms. The van der Waals surface area contributed by atoms with Gasteiger partial charge in [-0.25, -0.2) is 4.39 Å². The van der Waals surface area contributed by atoms with Crippen molar-refractivity contribution in [3.8, 4) is 0 Å². The van der Waals surface area contributed by atoms with Crippen LogP contribution in [0.3, 0.4) is 0 Å². The Balaban J connectivity index is 1.78. The molecule has 0 aromatic carbocycles. The maximum Gasteiger partial charge on any atom is 0.141 e. The third-order valence-electron chi connectivity index (χ3n) is 5.55. The van der Waals surface area contributed by atoms with Crippen LogP contribution in [0.1, 0.15) is 37.7 Å². The number of aromatic nitrogens is 1. The van der Waals surface area contributed by atoms with E-state index in [9.17, 15) is 9.50 Å². The number of pyridine rings is 1. The van der Waals surface area contributed by atoms with Crippen LogP contribution in [0.15, 0.2) is 18.5 Å². The molecule has 0 unspecified atom stereocenters. The number of rotatable bonds is 1. The zero-order chi connectivity index (χ0) is 12.3. The summed E-state index contributed by atoms with van der Waals surface area (Å²) in [5.74, 6) is 1.90. The summed E-state index contributed by atoms with van der Waals surface area (Å²) in [6.07, 6.45) is 8.67. The van der Waals surface area contributed by atoms with Gasteiger partial charge in [-0.3, -0.25) is 4.98 Å². The van der Waals surface area contributed by atoms with Gasteiger partial charge in [-0.05, 0) is 61.8 Å². The van der Waals surface area contributed by atoms with Gasteiger partial charge in [0.1, 0.15) is 5.82 Å². The molecule has 0 amide bonds. The van der Waals surface area contributed by atoms with E-state index in [4.69, 9.17) is 0 Å². The Morgan fingerprint density at radius 3 is 2.22 bits per heavy atom. The van der Waals surface area contributed by atoms with Gasteiger partial charge in [0.2, 0.25) is 0 Å². The number of hydrogen-bond donors (Lipinski definition) is 1. The molecule has 4 saturated carbocycles. The lowest BCUT2D eigenvalue weighted by Gasteiger charge is -2.59.